The zero-order valence-corrected chi connectivity index (χ0v) is 30.0. The molecule has 14 heteroatoms. The second-order valence-corrected chi connectivity index (χ2v) is 15.0. The second kappa shape index (κ2) is 13.7. The van der Waals surface area contributed by atoms with Crippen LogP contribution in [0.3, 0.4) is 0 Å². The van der Waals surface area contributed by atoms with Crippen molar-refractivity contribution in [2.24, 2.45) is 0 Å². The summed E-state index contributed by atoms with van der Waals surface area (Å²) in [6.07, 6.45) is 0.587. The first kappa shape index (κ1) is 34.9. The van der Waals surface area contributed by atoms with Gasteiger partial charge in [-0.1, -0.05) is 13.0 Å². The Labute approximate surface area is 301 Å². The van der Waals surface area contributed by atoms with Crippen LogP contribution >= 0.6 is 0 Å². The van der Waals surface area contributed by atoms with Crippen molar-refractivity contribution in [1.82, 2.24) is 29.5 Å². The van der Waals surface area contributed by atoms with E-state index in [0.29, 0.717) is 69.8 Å². The minimum absolute atomic E-state index is 0.0985. The Kier molecular flexibility index (Phi) is 9.17. The fourth-order valence-electron chi connectivity index (χ4n) is 9.07. The number of nitrogens with zero attached hydrogens (tertiary/aromatic N) is 8. The molecule has 1 unspecified atom stereocenters. The molecule has 6 heterocycles. The van der Waals surface area contributed by atoms with Gasteiger partial charge < -0.3 is 19.6 Å². The fraction of sp³-hybridized carbons (Fsp3) is 0.553. The van der Waals surface area contributed by atoms with Crippen LogP contribution in [0.15, 0.2) is 30.3 Å². The van der Waals surface area contributed by atoms with Crippen molar-refractivity contribution < 1.29 is 27.4 Å². The summed E-state index contributed by atoms with van der Waals surface area (Å²) in [7, 11) is 3.27. The number of aryl methyl sites for hydroxylation is 2. The van der Waals surface area contributed by atoms with Crippen LogP contribution in [0.1, 0.15) is 66.9 Å². The summed E-state index contributed by atoms with van der Waals surface area (Å²) >= 11 is 0. The number of fused-ring (bicyclic) bond motifs is 4. The van der Waals surface area contributed by atoms with Gasteiger partial charge in [0.05, 0.1) is 35.7 Å². The lowest BCUT2D eigenvalue weighted by Crippen LogP contribution is -2.43. The number of ether oxygens (including phenoxy) is 1. The van der Waals surface area contributed by atoms with E-state index in [1.807, 2.05) is 11.6 Å². The third kappa shape index (κ3) is 6.21. The number of hydrogen-bond acceptors (Lipinski definition) is 9. The third-order valence-corrected chi connectivity index (χ3v) is 11.5. The van der Waals surface area contributed by atoms with Crippen molar-refractivity contribution in [3.8, 4) is 11.8 Å². The molecule has 0 saturated carbocycles. The van der Waals surface area contributed by atoms with Crippen LogP contribution in [0.2, 0.25) is 0 Å². The topological polar surface area (TPSA) is 86.0 Å². The molecule has 0 spiro atoms. The van der Waals surface area contributed by atoms with Gasteiger partial charge in [0.15, 0.2) is 0 Å². The van der Waals surface area contributed by atoms with E-state index >= 15 is 4.39 Å². The van der Waals surface area contributed by atoms with E-state index in [9.17, 15) is 18.3 Å². The standard InChI is InChI=1S/C38H46F4N8O2/c1-4-27-29(40)8-7-23-15-26(51)17-32(33(23)27)47-14-9-28-31(21-47)43-37(52-22-38-10-5-12-49(38)19-24(39)18-38)44-36(28)48-11-6-13-50-25(20-48)16-30(45-50)34(35(41)42)46(2)3/h7-8,15-17,24,34-35,51H,4-6,9-14,18-22H2,1-3H3/t24-,34?,38+/m1/s1. The van der Waals surface area contributed by atoms with Crippen LogP contribution in [0.4, 0.5) is 29.1 Å². The van der Waals surface area contributed by atoms with Crippen LogP contribution in [0.25, 0.3) is 10.8 Å². The Morgan fingerprint density at radius 2 is 1.88 bits per heavy atom. The number of alkyl halides is 3. The van der Waals surface area contributed by atoms with Gasteiger partial charge in [0.25, 0.3) is 6.43 Å². The second-order valence-electron chi connectivity index (χ2n) is 15.0. The van der Waals surface area contributed by atoms with Crippen LogP contribution in [0, 0.1) is 5.82 Å². The van der Waals surface area contributed by atoms with Crippen molar-refractivity contribution in [2.45, 2.75) is 89.3 Å². The highest BCUT2D eigenvalue weighted by molar-refractivity contribution is 5.98. The van der Waals surface area contributed by atoms with E-state index < -0.39 is 18.6 Å². The van der Waals surface area contributed by atoms with Gasteiger partial charge in [-0.05, 0) is 81.9 Å². The molecular formula is C38H46F4N8O2. The van der Waals surface area contributed by atoms with Gasteiger partial charge in [-0.2, -0.15) is 15.1 Å². The van der Waals surface area contributed by atoms with Gasteiger partial charge in [0.1, 0.15) is 36.2 Å². The zero-order valence-electron chi connectivity index (χ0n) is 30.0. The quantitative estimate of drug-likeness (QED) is 0.208. The minimum Gasteiger partial charge on any atom is -0.508 e. The van der Waals surface area contributed by atoms with Gasteiger partial charge in [-0.15, -0.1) is 0 Å². The largest absolute Gasteiger partial charge is 0.508 e. The van der Waals surface area contributed by atoms with Gasteiger partial charge in [0.2, 0.25) is 0 Å². The molecule has 2 saturated heterocycles. The molecule has 0 bridgehead atoms. The van der Waals surface area contributed by atoms with E-state index in [0.717, 1.165) is 65.0 Å². The molecule has 2 aromatic carbocycles. The summed E-state index contributed by atoms with van der Waals surface area (Å²) < 4.78 is 66.2. The number of phenolic OH excluding ortho intramolecular Hbond substituents is 1. The molecule has 4 aliphatic rings. The van der Waals surface area contributed by atoms with E-state index in [4.69, 9.17) is 14.7 Å². The number of halogens is 4. The number of rotatable bonds is 9. The molecule has 2 aromatic heterocycles. The van der Waals surface area contributed by atoms with E-state index in [-0.39, 0.29) is 29.7 Å². The van der Waals surface area contributed by atoms with E-state index in [2.05, 4.69) is 19.8 Å². The summed E-state index contributed by atoms with van der Waals surface area (Å²) in [5, 5.41) is 16.9. The third-order valence-electron chi connectivity index (χ3n) is 11.5. The lowest BCUT2D eigenvalue weighted by molar-refractivity contribution is 0.0462. The fourth-order valence-corrected chi connectivity index (χ4v) is 9.07. The Bertz CT molecular complexity index is 1970. The van der Waals surface area contributed by atoms with Crippen molar-refractivity contribution in [3.05, 3.63) is 64.4 Å². The van der Waals surface area contributed by atoms with Gasteiger partial charge in [-0.3, -0.25) is 14.5 Å². The van der Waals surface area contributed by atoms with Crippen LogP contribution in [-0.2, 0) is 32.5 Å². The summed E-state index contributed by atoms with van der Waals surface area (Å²) in [5.74, 6) is 0.545. The first-order valence-electron chi connectivity index (χ1n) is 18.4. The molecule has 0 aliphatic carbocycles. The molecule has 278 valence electrons. The molecule has 3 atom stereocenters. The first-order chi connectivity index (χ1) is 25.0. The SMILES string of the molecule is CCc1c(F)ccc2cc(O)cc(N3CCc4c(nc(OC[C@@]56CCCN5C[C@H](F)C6)nc4N4CCCn5nc(C(C(F)F)N(C)C)cc5C4)C3)c12. The predicted octanol–water partition coefficient (Wildman–Crippen LogP) is 6.03. The number of hydrogen-bond donors (Lipinski definition) is 1. The van der Waals surface area contributed by atoms with E-state index in [1.54, 1.807) is 38.4 Å². The lowest BCUT2D eigenvalue weighted by atomic mass is 9.95. The number of aromatic nitrogens is 4. The zero-order chi connectivity index (χ0) is 36.3. The number of benzene rings is 2. The van der Waals surface area contributed by atoms with Crippen molar-refractivity contribution in [3.63, 3.8) is 0 Å². The molecule has 2 fully saturated rings. The van der Waals surface area contributed by atoms with Crippen LogP contribution < -0.4 is 14.5 Å². The summed E-state index contributed by atoms with van der Waals surface area (Å²) in [4.78, 5) is 18.0. The van der Waals surface area contributed by atoms with E-state index in [1.165, 1.54) is 11.0 Å². The highest BCUT2D eigenvalue weighted by Gasteiger charge is 2.49. The Morgan fingerprint density at radius 1 is 1.04 bits per heavy atom. The molecule has 4 aliphatic heterocycles. The maximum Gasteiger partial charge on any atom is 0.318 e. The van der Waals surface area contributed by atoms with Crippen molar-refractivity contribution in [2.75, 3.05) is 56.7 Å². The maximum absolute atomic E-state index is 15.1. The van der Waals surface area contributed by atoms with Crippen molar-refractivity contribution >= 4 is 22.3 Å². The normalized spacial score (nSPS) is 22.6. The minimum atomic E-state index is -2.59. The molecule has 52 heavy (non-hydrogen) atoms. The Balaban J connectivity index is 1.17. The Morgan fingerprint density at radius 3 is 2.67 bits per heavy atom. The Hall–Kier alpha value is -4.17. The van der Waals surface area contributed by atoms with Gasteiger partial charge in [0, 0.05) is 55.3 Å². The van der Waals surface area contributed by atoms with Gasteiger partial charge in [-0.25, -0.2) is 17.6 Å². The predicted molar refractivity (Wildman–Crippen MR) is 191 cm³/mol. The molecule has 10 nitrogen and oxygen atoms in total. The molecule has 0 radical (unpaired) electrons. The first-order valence-corrected chi connectivity index (χ1v) is 18.4. The van der Waals surface area contributed by atoms with Crippen molar-refractivity contribution in [1.29, 1.82) is 0 Å². The molecule has 4 aromatic rings. The number of aromatic hydroxyl groups is 1. The maximum atomic E-state index is 15.1. The highest BCUT2D eigenvalue weighted by Crippen LogP contribution is 2.42. The number of phenols is 1. The monoisotopic (exact) mass is 722 g/mol. The smallest absolute Gasteiger partial charge is 0.318 e. The highest BCUT2D eigenvalue weighted by atomic mass is 19.3. The lowest BCUT2D eigenvalue weighted by Gasteiger charge is -2.35. The van der Waals surface area contributed by atoms with Crippen LogP contribution in [0.5, 0.6) is 11.8 Å². The van der Waals surface area contributed by atoms with Crippen LogP contribution in [-0.4, -0.2) is 99.7 Å². The average Bonchev–Trinajstić information content (AvgIpc) is 3.72. The number of anilines is 2. The molecule has 8 rings (SSSR count). The molecular weight excluding hydrogens is 676 g/mol. The molecule has 0 amide bonds. The summed E-state index contributed by atoms with van der Waals surface area (Å²) in [5.41, 5.74) is 3.84. The average molecular weight is 723 g/mol. The summed E-state index contributed by atoms with van der Waals surface area (Å²) in [6, 6.07) is 7.38. The summed E-state index contributed by atoms with van der Waals surface area (Å²) in [6.45, 7) is 6.08. The van der Waals surface area contributed by atoms with Gasteiger partial charge >= 0.3 is 6.01 Å². The molecule has 1 N–H and O–H groups in total.